The van der Waals surface area contributed by atoms with Gasteiger partial charge in [0.05, 0.1) is 17.6 Å². The molecule has 158 valence electrons. The number of benzene rings is 1. The molecule has 1 fully saturated rings. The van der Waals surface area contributed by atoms with Gasteiger partial charge >= 0.3 is 0 Å². The lowest BCUT2D eigenvalue weighted by molar-refractivity contribution is 0.0315. The Morgan fingerprint density at radius 3 is 2.62 bits per heavy atom. The van der Waals surface area contributed by atoms with Crippen LogP contribution in [0.25, 0.3) is 5.69 Å². The summed E-state index contributed by atoms with van der Waals surface area (Å²) < 4.78 is 56.9. The molecule has 11 heteroatoms. The van der Waals surface area contributed by atoms with Crippen molar-refractivity contribution in [2.24, 2.45) is 5.41 Å². The van der Waals surface area contributed by atoms with Crippen LogP contribution < -0.4 is 10.9 Å². The molecular weight excluding hydrogens is 428 g/mol. The molecule has 1 aromatic carbocycles. The van der Waals surface area contributed by atoms with Gasteiger partial charge in [0.2, 0.25) is 0 Å². The molecule has 0 saturated carbocycles. The fourth-order valence-electron chi connectivity index (χ4n) is 3.40. The molecule has 1 aliphatic rings. The van der Waals surface area contributed by atoms with Crippen molar-refractivity contribution < 1.29 is 21.9 Å². The molecule has 0 spiro atoms. The normalized spacial score (nSPS) is 16.6. The standard InChI is InChI=1S/C18H20ClF2N3O4S/c1-29(26,27)11-18(4-6-28-7-5-18)10-22-14-9-23-24(17(25)16(14)19)15-3-2-12(20)8-13(15)21/h2-3,8-9,22H,4-7,10-11H2,1H3. The third-order valence-corrected chi connectivity index (χ3v) is 6.33. The number of nitrogens with zero attached hydrogens (tertiary/aromatic N) is 2. The molecule has 1 N–H and O–H groups in total. The van der Waals surface area contributed by atoms with E-state index in [4.69, 9.17) is 16.3 Å². The number of nitrogens with one attached hydrogen (secondary N) is 1. The fourth-order valence-corrected chi connectivity index (χ4v) is 5.09. The molecule has 0 amide bonds. The highest BCUT2D eigenvalue weighted by Crippen LogP contribution is 2.33. The van der Waals surface area contributed by atoms with Crippen LogP contribution >= 0.6 is 11.6 Å². The Labute approximate surface area is 171 Å². The third kappa shape index (κ3) is 5.12. The molecule has 0 atom stereocenters. The summed E-state index contributed by atoms with van der Waals surface area (Å²) in [6, 6.07) is 2.74. The van der Waals surface area contributed by atoms with Crippen molar-refractivity contribution in [3.8, 4) is 5.69 Å². The van der Waals surface area contributed by atoms with Crippen molar-refractivity contribution in [3.63, 3.8) is 0 Å². The number of aromatic nitrogens is 2. The van der Waals surface area contributed by atoms with Gasteiger partial charge < -0.3 is 10.1 Å². The monoisotopic (exact) mass is 447 g/mol. The number of anilines is 1. The van der Waals surface area contributed by atoms with Crippen molar-refractivity contribution in [1.29, 1.82) is 0 Å². The zero-order chi connectivity index (χ0) is 21.2. The summed E-state index contributed by atoms with van der Waals surface area (Å²) in [5.74, 6) is -1.76. The van der Waals surface area contributed by atoms with Gasteiger partial charge in [0.1, 0.15) is 26.4 Å². The minimum Gasteiger partial charge on any atom is -0.382 e. The van der Waals surface area contributed by atoms with E-state index < -0.39 is 32.4 Å². The second kappa shape index (κ2) is 8.37. The first kappa shape index (κ1) is 21.7. The summed E-state index contributed by atoms with van der Waals surface area (Å²) in [6.45, 7) is 1.13. The van der Waals surface area contributed by atoms with Crippen LogP contribution in [0.15, 0.2) is 29.2 Å². The molecule has 1 saturated heterocycles. The van der Waals surface area contributed by atoms with Gasteiger partial charge in [-0.2, -0.15) is 9.78 Å². The molecule has 7 nitrogen and oxygen atoms in total. The minimum absolute atomic E-state index is 0.0285. The van der Waals surface area contributed by atoms with E-state index in [0.717, 1.165) is 16.8 Å². The Kier molecular flexibility index (Phi) is 6.25. The Balaban J connectivity index is 1.86. The van der Waals surface area contributed by atoms with Crippen molar-refractivity contribution in [1.82, 2.24) is 9.78 Å². The highest BCUT2D eigenvalue weighted by atomic mass is 35.5. The molecule has 29 heavy (non-hydrogen) atoms. The van der Waals surface area contributed by atoms with Gasteiger partial charge in [0.15, 0.2) is 5.82 Å². The van der Waals surface area contributed by atoms with Crippen LogP contribution in [0.1, 0.15) is 12.8 Å². The van der Waals surface area contributed by atoms with E-state index in [1.807, 2.05) is 0 Å². The van der Waals surface area contributed by atoms with E-state index in [1.54, 1.807) is 0 Å². The summed E-state index contributed by atoms with van der Waals surface area (Å²) in [4.78, 5) is 12.5. The maximum atomic E-state index is 14.0. The highest BCUT2D eigenvalue weighted by Gasteiger charge is 2.36. The molecule has 1 aromatic heterocycles. The van der Waals surface area contributed by atoms with Crippen molar-refractivity contribution >= 4 is 27.1 Å². The highest BCUT2D eigenvalue weighted by molar-refractivity contribution is 7.90. The van der Waals surface area contributed by atoms with E-state index in [-0.39, 0.29) is 28.7 Å². The average molecular weight is 448 g/mol. The Hall–Kier alpha value is -2.04. The molecule has 1 aliphatic heterocycles. The van der Waals surface area contributed by atoms with Crippen molar-refractivity contribution in [2.45, 2.75) is 12.8 Å². The Bertz CT molecular complexity index is 1070. The van der Waals surface area contributed by atoms with E-state index >= 15 is 0 Å². The van der Waals surface area contributed by atoms with Gasteiger partial charge in [-0.05, 0) is 25.0 Å². The summed E-state index contributed by atoms with van der Waals surface area (Å²) >= 11 is 6.15. The van der Waals surface area contributed by atoms with E-state index in [0.29, 0.717) is 32.1 Å². The van der Waals surface area contributed by atoms with Crippen molar-refractivity contribution in [2.75, 3.05) is 37.1 Å². The SMILES string of the molecule is CS(=O)(=O)CC1(CNc2cnn(-c3ccc(F)cc3F)c(=O)c2Cl)CCOCC1. The van der Waals surface area contributed by atoms with Crippen LogP contribution in [-0.2, 0) is 14.6 Å². The van der Waals surface area contributed by atoms with Gasteiger partial charge in [-0.1, -0.05) is 11.6 Å². The lowest BCUT2D eigenvalue weighted by atomic mass is 9.82. The van der Waals surface area contributed by atoms with Gasteiger partial charge in [0, 0.05) is 37.5 Å². The number of halogens is 3. The van der Waals surface area contributed by atoms with E-state index in [9.17, 15) is 22.0 Å². The minimum atomic E-state index is -3.24. The van der Waals surface area contributed by atoms with Gasteiger partial charge in [-0.25, -0.2) is 17.2 Å². The quantitative estimate of drug-likeness (QED) is 0.731. The average Bonchev–Trinajstić information content (AvgIpc) is 2.63. The predicted molar refractivity (Wildman–Crippen MR) is 105 cm³/mol. The lowest BCUT2D eigenvalue weighted by Crippen LogP contribution is -2.41. The topological polar surface area (TPSA) is 90.3 Å². The number of hydrogen-bond acceptors (Lipinski definition) is 6. The molecular formula is C18H20ClF2N3O4S. The number of sulfone groups is 1. The van der Waals surface area contributed by atoms with Gasteiger partial charge in [-0.3, -0.25) is 4.79 Å². The number of hydrogen-bond donors (Lipinski definition) is 1. The summed E-state index contributed by atoms with van der Waals surface area (Å²) in [5.41, 5.74) is -1.38. The molecule has 0 aliphatic carbocycles. The first-order valence-electron chi connectivity index (χ1n) is 8.83. The van der Waals surface area contributed by atoms with Crippen LogP contribution in [0.2, 0.25) is 5.02 Å². The second-order valence-corrected chi connectivity index (χ2v) is 9.74. The van der Waals surface area contributed by atoms with Crippen LogP contribution in [0, 0.1) is 17.0 Å². The molecule has 0 unspecified atom stereocenters. The summed E-state index contributed by atoms with van der Waals surface area (Å²) in [7, 11) is -3.24. The number of ether oxygens (including phenoxy) is 1. The maximum Gasteiger partial charge on any atom is 0.292 e. The zero-order valence-corrected chi connectivity index (χ0v) is 17.2. The van der Waals surface area contributed by atoms with E-state index in [2.05, 4.69) is 10.4 Å². The van der Waals surface area contributed by atoms with Crippen LogP contribution in [-0.4, -0.2) is 50.0 Å². The molecule has 2 aromatic rings. The van der Waals surface area contributed by atoms with Crippen LogP contribution in [0.4, 0.5) is 14.5 Å². The predicted octanol–water partition coefficient (Wildman–Crippen LogP) is 2.42. The summed E-state index contributed by atoms with van der Waals surface area (Å²) in [6.07, 6.45) is 3.50. The van der Waals surface area contributed by atoms with Crippen molar-refractivity contribution in [3.05, 3.63) is 51.4 Å². The molecule has 2 heterocycles. The Morgan fingerprint density at radius 2 is 2.00 bits per heavy atom. The Morgan fingerprint density at radius 1 is 1.31 bits per heavy atom. The second-order valence-electron chi connectivity index (χ2n) is 7.22. The molecule has 3 rings (SSSR count). The zero-order valence-electron chi connectivity index (χ0n) is 15.6. The first-order chi connectivity index (χ1) is 13.6. The van der Waals surface area contributed by atoms with E-state index in [1.165, 1.54) is 12.5 Å². The van der Waals surface area contributed by atoms with Gasteiger partial charge in [0.25, 0.3) is 5.56 Å². The van der Waals surface area contributed by atoms with Gasteiger partial charge in [-0.15, -0.1) is 0 Å². The largest absolute Gasteiger partial charge is 0.382 e. The first-order valence-corrected chi connectivity index (χ1v) is 11.3. The smallest absolute Gasteiger partial charge is 0.292 e. The molecule has 0 radical (unpaired) electrons. The van der Waals surface area contributed by atoms with Crippen LogP contribution in [0.5, 0.6) is 0 Å². The molecule has 0 bridgehead atoms. The maximum absolute atomic E-state index is 14.0. The lowest BCUT2D eigenvalue weighted by Gasteiger charge is -2.37. The van der Waals surface area contributed by atoms with Crippen LogP contribution in [0.3, 0.4) is 0 Å². The third-order valence-electron chi connectivity index (χ3n) is 4.83. The fraction of sp³-hybridized carbons (Fsp3) is 0.444. The number of rotatable bonds is 6. The summed E-state index contributed by atoms with van der Waals surface area (Å²) in [5, 5.41) is 6.69.